The van der Waals surface area contributed by atoms with Crippen LogP contribution >= 0.6 is 27.3 Å². The maximum atomic E-state index is 11.5. The number of hydrogen-bond acceptors (Lipinski definition) is 3. The van der Waals surface area contributed by atoms with Crippen molar-refractivity contribution < 1.29 is 4.79 Å². The van der Waals surface area contributed by atoms with Crippen LogP contribution in [0.2, 0.25) is 0 Å². The maximum absolute atomic E-state index is 11.5. The van der Waals surface area contributed by atoms with Gasteiger partial charge in [0.25, 0.3) is 0 Å². The number of halogens is 1. The standard InChI is InChI=1S/C11H17BrN2OS/c1-2-5-13-6-7-14-11(15)8-9-3-4-10(12)16-9/h3-4,13H,2,5-8H2,1H3,(H,14,15). The zero-order valence-corrected chi connectivity index (χ0v) is 11.8. The third-order valence-corrected chi connectivity index (χ3v) is 3.64. The Labute approximate surface area is 109 Å². The highest BCUT2D eigenvalue weighted by molar-refractivity contribution is 9.11. The lowest BCUT2D eigenvalue weighted by atomic mass is 10.3. The van der Waals surface area contributed by atoms with Gasteiger partial charge in [-0.05, 0) is 41.0 Å². The summed E-state index contributed by atoms with van der Waals surface area (Å²) in [5.74, 6) is 0.0904. The van der Waals surface area contributed by atoms with Gasteiger partial charge in [0.05, 0.1) is 10.2 Å². The zero-order valence-electron chi connectivity index (χ0n) is 9.38. The van der Waals surface area contributed by atoms with E-state index in [4.69, 9.17) is 0 Å². The molecule has 0 unspecified atom stereocenters. The maximum Gasteiger partial charge on any atom is 0.225 e. The zero-order chi connectivity index (χ0) is 11.8. The normalized spacial score (nSPS) is 10.4. The number of nitrogens with one attached hydrogen (secondary N) is 2. The number of carbonyl (C=O) groups excluding carboxylic acids is 1. The Morgan fingerprint density at radius 3 is 2.81 bits per heavy atom. The van der Waals surface area contributed by atoms with E-state index < -0.39 is 0 Å². The Bertz CT molecular complexity index is 328. The van der Waals surface area contributed by atoms with Gasteiger partial charge in [0.15, 0.2) is 0 Å². The fourth-order valence-corrected chi connectivity index (χ4v) is 2.74. The van der Waals surface area contributed by atoms with Crippen molar-refractivity contribution in [3.05, 3.63) is 20.8 Å². The molecule has 0 aliphatic heterocycles. The minimum Gasteiger partial charge on any atom is -0.355 e. The van der Waals surface area contributed by atoms with Crippen molar-refractivity contribution in [3.8, 4) is 0 Å². The molecule has 0 saturated carbocycles. The number of carbonyl (C=O) groups is 1. The summed E-state index contributed by atoms with van der Waals surface area (Å²) < 4.78 is 1.07. The summed E-state index contributed by atoms with van der Waals surface area (Å²) in [5.41, 5.74) is 0. The van der Waals surface area contributed by atoms with Gasteiger partial charge in [0.1, 0.15) is 0 Å². The fourth-order valence-electron chi connectivity index (χ4n) is 1.26. The molecule has 0 aliphatic carbocycles. The van der Waals surface area contributed by atoms with Gasteiger partial charge in [-0.3, -0.25) is 4.79 Å². The van der Waals surface area contributed by atoms with Crippen LogP contribution in [0, 0.1) is 0 Å². The van der Waals surface area contributed by atoms with Crippen molar-refractivity contribution in [2.45, 2.75) is 19.8 Å². The molecule has 0 radical (unpaired) electrons. The highest BCUT2D eigenvalue weighted by Crippen LogP contribution is 2.22. The van der Waals surface area contributed by atoms with Crippen LogP contribution in [0.25, 0.3) is 0 Å². The van der Waals surface area contributed by atoms with Crippen molar-refractivity contribution in [1.82, 2.24) is 10.6 Å². The second-order valence-corrected chi connectivity index (χ2v) is 6.03. The Balaban J connectivity index is 2.11. The molecule has 0 saturated heterocycles. The molecule has 1 amide bonds. The summed E-state index contributed by atoms with van der Waals surface area (Å²) in [5, 5.41) is 6.13. The van der Waals surface area contributed by atoms with Crippen LogP contribution in [-0.2, 0) is 11.2 Å². The molecule has 2 N–H and O–H groups in total. The highest BCUT2D eigenvalue weighted by Gasteiger charge is 2.04. The number of amides is 1. The summed E-state index contributed by atoms with van der Waals surface area (Å²) in [6.07, 6.45) is 1.60. The predicted octanol–water partition coefficient (Wildman–Crippen LogP) is 2.17. The lowest BCUT2D eigenvalue weighted by Gasteiger charge is -2.05. The van der Waals surface area contributed by atoms with Gasteiger partial charge >= 0.3 is 0 Å². The topological polar surface area (TPSA) is 41.1 Å². The molecule has 0 atom stereocenters. The van der Waals surface area contributed by atoms with Gasteiger partial charge in [0, 0.05) is 18.0 Å². The van der Waals surface area contributed by atoms with Crippen molar-refractivity contribution in [1.29, 1.82) is 0 Å². The van der Waals surface area contributed by atoms with Crippen molar-refractivity contribution in [2.75, 3.05) is 19.6 Å². The summed E-state index contributed by atoms with van der Waals surface area (Å²) in [6.45, 7) is 4.67. The van der Waals surface area contributed by atoms with E-state index in [0.717, 1.165) is 28.2 Å². The molecule has 0 bridgehead atoms. The van der Waals surface area contributed by atoms with E-state index in [1.54, 1.807) is 11.3 Å². The van der Waals surface area contributed by atoms with E-state index in [1.807, 2.05) is 12.1 Å². The van der Waals surface area contributed by atoms with Gasteiger partial charge in [-0.25, -0.2) is 0 Å². The molecule has 16 heavy (non-hydrogen) atoms. The average Bonchev–Trinajstić information content (AvgIpc) is 2.63. The Morgan fingerprint density at radius 2 is 2.19 bits per heavy atom. The third-order valence-electron chi connectivity index (χ3n) is 2.01. The van der Waals surface area contributed by atoms with Crippen molar-refractivity contribution in [2.24, 2.45) is 0 Å². The molecular weight excluding hydrogens is 288 g/mol. The quantitative estimate of drug-likeness (QED) is 0.758. The van der Waals surface area contributed by atoms with Crippen molar-refractivity contribution >= 4 is 33.2 Å². The van der Waals surface area contributed by atoms with E-state index in [-0.39, 0.29) is 5.91 Å². The Kier molecular flexibility index (Phi) is 6.68. The average molecular weight is 305 g/mol. The SMILES string of the molecule is CCCNCCNC(=O)Cc1ccc(Br)s1. The van der Waals surface area contributed by atoms with Crippen LogP contribution in [0.1, 0.15) is 18.2 Å². The van der Waals surface area contributed by atoms with Gasteiger partial charge in [-0.2, -0.15) is 0 Å². The first-order chi connectivity index (χ1) is 7.72. The molecule has 0 aromatic carbocycles. The molecule has 5 heteroatoms. The first kappa shape index (κ1) is 13.7. The molecule has 1 aromatic rings. The summed E-state index contributed by atoms with van der Waals surface area (Å²) in [6, 6.07) is 3.94. The Hall–Kier alpha value is -0.390. The van der Waals surface area contributed by atoms with E-state index in [0.29, 0.717) is 13.0 Å². The van der Waals surface area contributed by atoms with Crippen LogP contribution in [0.15, 0.2) is 15.9 Å². The second kappa shape index (κ2) is 7.81. The van der Waals surface area contributed by atoms with Crippen LogP contribution in [0.5, 0.6) is 0 Å². The molecule has 3 nitrogen and oxygen atoms in total. The lowest BCUT2D eigenvalue weighted by Crippen LogP contribution is -2.32. The number of thiophene rings is 1. The van der Waals surface area contributed by atoms with E-state index in [1.165, 1.54) is 0 Å². The van der Waals surface area contributed by atoms with Crippen LogP contribution in [0.3, 0.4) is 0 Å². The monoisotopic (exact) mass is 304 g/mol. The number of rotatable bonds is 7. The minimum atomic E-state index is 0.0904. The second-order valence-electron chi connectivity index (χ2n) is 3.48. The largest absolute Gasteiger partial charge is 0.355 e. The summed E-state index contributed by atoms with van der Waals surface area (Å²) >= 11 is 4.98. The van der Waals surface area contributed by atoms with Gasteiger partial charge in [0.2, 0.25) is 5.91 Å². The minimum absolute atomic E-state index is 0.0904. The molecule has 0 aliphatic rings. The van der Waals surface area contributed by atoms with E-state index >= 15 is 0 Å². The lowest BCUT2D eigenvalue weighted by molar-refractivity contribution is -0.120. The molecule has 0 fully saturated rings. The first-order valence-corrected chi connectivity index (χ1v) is 7.05. The first-order valence-electron chi connectivity index (χ1n) is 5.44. The van der Waals surface area contributed by atoms with Gasteiger partial charge in [-0.15, -0.1) is 11.3 Å². The molecule has 1 aromatic heterocycles. The smallest absolute Gasteiger partial charge is 0.225 e. The molecule has 1 heterocycles. The van der Waals surface area contributed by atoms with Crippen molar-refractivity contribution in [3.63, 3.8) is 0 Å². The molecule has 0 spiro atoms. The van der Waals surface area contributed by atoms with Crippen LogP contribution in [0.4, 0.5) is 0 Å². The predicted molar refractivity (Wildman–Crippen MR) is 71.9 cm³/mol. The molecule has 90 valence electrons. The van der Waals surface area contributed by atoms with Crippen LogP contribution < -0.4 is 10.6 Å². The number of hydrogen-bond donors (Lipinski definition) is 2. The van der Waals surface area contributed by atoms with Gasteiger partial charge < -0.3 is 10.6 Å². The van der Waals surface area contributed by atoms with Gasteiger partial charge in [-0.1, -0.05) is 6.92 Å². The van der Waals surface area contributed by atoms with E-state index in [2.05, 4.69) is 33.5 Å². The summed E-state index contributed by atoms with van der Waals surface area (Å²) in [4.78, 5) is 12.6. The molecular formula is C11H17BrN2OS. The highest BCUT2D eigenvalue weighted by atomic mass is 79.9. The van der Waals surface area contributed by atoms with E-state index in [9.17, 15) is 4.79 Å². The fraction of sp³-hybridized carbons (Fsp3) is 0.545. The summed E-state index contributed by atoms with van der Waals surface area (Å²) in [7, 11) is 0. The molecule has 1 rings (SSSR count). The Morgan fingerprint density at radius 1 is 1.38 bits per heavy atom. The van der Waals surface area contributed by atoms with Crippen LogP contribution in [-0.4, -0.2) is 25.5 Å². The third kappa shape index (κ3) is 5.63.